The quantitative estimate of drug-likeness (QED) is 0.764. The van der Waals surface area contributed by atoms with Crippen molar-refractivity contribution in [2.24, 2.45) is 5.73 Å². The second-order valence-electron chi connectivity index (χ2n) is 3.32. The smallest absolute Gasteiger partial charge is 0.339 e. The summed E-state index contributed by atoms with van der Waals surface area (Å²) in [7, 11) is -2.65. The molecule has 0 unspecified atom stereocenters. The average molecular weight is 293 g/mol. The first kappa shape index (κ1) is 14.9. The number of nitrogens with two attached hydrogens (primary N) is 1. The molecule has 1 aromatic rings. The first-order valence-electron chi connectivity index (χ1n) is 5.00. The number of hydrogen-bond acceptors (Lipinski definition) is 5. The molecular weight excluding hydrogens is 280 g/mol. The number of halogens is 1. The number of benzene rings is 1. The van der Waals surface area contributed by atoms with Crippen LogP contribution in [0.2, 0.25) is 5.02 Å². The van der Waals surface area contributed by atoms with Crippen molar-refractivity contribution in [1.82, 2.24) is 4.72 Å². The van der Waals surface area contributed by atoms with Crippen LogP contribution < -0.4 is 10.5 Å². The second kappa shape index (κ2) is 6.14. The lowest BCUT2D eigenvalue weighted by Gasteiger charge is -2.10. The molecule has 0 amide bonds. The van der Waals surface area contributed by atoms with Gasteiger partial charge in [-0.1, -0.05) is 11.6 Å². The SMILES string of the molecule is COC(=O)c1cc(Cl)ccc1S(=O)(=O)NCCN. The molecule has 0 bridgehead atoms. The van der Waals surface area contributed by atoms with Crippen LogP contribution in [-0.4, -0.2) is 34.6 Å². The van der Waals surface area contributed by atoms with Crippen LogP contribution in [0, 0.1) is 0 Å². The molecule has 0 atom stereocenters. The van der Waals surface area contributed by atoms with E-state index in [9.17, 15) is 13.2 Å². The van der Waals surface area contributed by atoms with E-state index in [0.717, 1.165) is 7.11 Å². The second-order valence-corrected chi connectivity index (χ2v) is 5.49. The standard InChI is InChI=1S/C10H13ClN2O4S/c1-17-10(14)8-6-7(11)2-3-9(8)18(15,16)13-5-4-12/h2-3,6,13H,4-5,12H2,1H3. The van der Waals surface area contributed by atoms with Gasteiger partial charge in [0.2, 0.25) is 10.0 Å². The third-order valence-corrected chi connectivity index (χ3v) is 3.83. The zero-order chi connectivity index (χ0) is 13.8. The zero-order valence-electron chi connectivity index (χ0n) is 9.64. The van der Waals surface area contributed by atoms with Crippen LogP contribution in [-0.2, 0) is 14.8 Å². The highest BCUT2D eigenvalue weighted by molar-refractivity contribution is 7.89. The van der Waals surface area contributed by atoms with Gasteiger partial charge in [0.05, 0.1) is 17.6 Å². The van der Waals surface area contributed by atoms with Crippen molar-refractivity contribution >= 4 is 27.6 Å². The molecule has 1 aromatic carbocycles. The van der Waals surface area contributed by atoms with Gasteiger partial charge in [-0.25, -0.2) is 17.9 Å². The summed E-state index contributed by atoms with van der Waals surface area (Å²) in [5.41, 5.74) is 5.11. The number of carbonyl (C=O) groups is 1. The first-order valence-corrected chi connectivity index (χ1v) is 6.86. The minimum atomic E-state index is -3.81. The molecule has 0 saturated heterocycles. The molecule has 18 heavy (non-hydrogen) atoms. The van der Waals surface area contributed by atoms with Crippen molar-refractivity contribution in [2.75, 3.05) is 20.2 Å². The predicted octanol–water partition coefficient (Wildman–Crippen LogP) is 0.364. The summed E-state index contributed by atoms with van der Waals surface area (Å²) in [5.74, 6) is -0.773. The molecule has 0 saturated carbocycles. The van der Waals surface area contributed by atoms with Crippen molar-refractivity contribution in [3.8, 4) is 0 Å². The number of hydrogen-bond donors (Lipinski definition) is 2. The van der Waals surface area contributed by atoms with Gasteiger partial charge >= 0.3 is 5.97 Å². The summed E-state index contributed by atoms with van der Waals surface area (Å²) in [6, 6.07) is 3.86. The van der Waals surface area contributed by atoms with Crippen molar-refractivity contribution in [1.29, 1.82) is 0 Å². The van der Waals surface area contributed by atoms with Gasteiger partial charge < -0.3 is 10.5 Å². The van der Waals surface area contributed by atoms with Crippen LogP contribution >= 0.6 is 11.6 Å². The highest BCUT2D eigenvalue weighted by Crippen LogP contribution is 2.21. The fourth-order valence-corrected chi connectivity index (χ4v) is 2.67. The molecule has 0 aromatic heterocycles. The van der Waals surface area contributed by atoms with E-state index in [0.29, 0.717) is 0 Å². The van der Waals surface area contributed by atoms with E-state index in [2.05, 4.69) is 9.46 Å². The molecule has 1 rings (SSSR count). The summed E-state index contributed by atoms with van der Waals surface area (Å²) < 4.78 is 30.6. The van der Waals surface area contributed by atoms with Crippen molar-refractivity contribution in [3.63, 3.8) is 0 Å². The number of sulfonamides is 1. The maximum atomic E-state index is 11.9. The van der Waals surface area contributed by atoms with Gasteiger partial charge in [0, 0.05) is 18.1 Å². The van der Waals surface area contributed by atoms with E-state index < -0.39 is 16.0 Å². The fraction of sp³-hybridized carbons (Fsp3) is 0.300. The van der Waals surface area contributed by atoms with Gasteiger partial charge in [-0.2, -0.15) is 0 Å². The normalized spacial score (nSPS) is 11.3. The lowest BCUT2D eigenvalue weighted by Crippen LogP contribution is -2.30. The number of rotatable bonds is 5. The van der Waals surface area contributed by atoms with E-state index in [4.69, 9.17) is 17.3 Å². The van der Waals surface area contributed by atoms with Crippen molar-refractivity contribution in [2.45, 2.75) is 4.90 Å². The molecule has 8 heteroatoms. The van der Waals surface area contributed by atoms with E-state index in [1.54, 1.807) is 0 Å². The van der Waals surface area contributed by atoms with E-state index in [1.165, 1.54) is 18.2 Å². The van der Waals surface area contributed by atoms with E-state index in [-0.39, 0.29) is 28.6 Å². The van der Waals surface area contributed by atoms with Crippen LogP contribution in [0.1, 0.15) is 10.4 Å². The third-order valence-electron chi connectivity index (χ3n) is 2.07. The molecule has 0 aliphatic heterocycles. The molecule has 0 spiro atoms. The lowest BCUT2D eigenvalue weighted by molar-refractivity contribution is 0.0596. The largest absolute Gasteiger partial charge is 0.465 e. The van der Waals surface area contributed by atoms with Gasteiger partial charge in [0.1, 0.15) is 0 Å². The Hall–Kier alpha value is -1.15. The van der Waals surface area contributed by atoms with Crippen LogP contribution in [0.15, 0.2) is 23.1 Å². The van der Waals surface area contributed by atoms with E-state index >= 15 is 0 Å². The Morgan fingerprint density at radius 2 is 2.17 bits per heavy atom. The molecule has 0 aliphatic rings. The number of methoxy groups -OCH3 is 1. The molecular formula is C10H13ClN2O4S. The summed E-state index contributed by atoms with van der Waals surface area (Å²) in [4.78, 5) is 11.3. The number of carbonyl (C=O) groups excluding carboxylic acids is 1. The van der Waals surface area contributed by atoms with Gasteiger partial charge in [-0.05, 0) is 18.2 Å². The Kier molecular flexibility index (Phi) is 5.09. The minimum absolute atomic E-state index is 0.0750. The Balaban J connectivity index is 3.27. The molecule has 100 valence electrons. The average Bonchev–Trinajstić information content (AvgIpc) is 2.35. The molecule has 0 aliphatic carbocycles. The molecule has 6 nitrogen and oxygen atoms in total. The van der Waals surface area contributed by atoms with Crippen molar-refractivity contribution in [3.05, 3.63) is 28.8 Å². The monoisotopic (exact) mass is 292 g/mol. The predicted molar refractivity (Wildman–Crippen MR) is 67.0 cm³/mol. The van der Waals surface area contributed by atoms with E-state index in [1.807, 2.05) is 0 Å². The number of nitrogens with one attached hydrogen (secondary N) is 1. The Bertz CT molecular complexity index is 545. The molecule has 3 N–H and O–H groups in total. The Morgan fingerprint density at radius 3 is 2.72 bits per heavy atom. The minimum Gasteiger partial charge on any atom is -0.465 e. The third kappa shape index (κ3) is 3.42. The number of esters is 1. The molecule has 0 heterocycles. The number of ether oxygens (including phenoxy) is 1. The van der Waals surface area contributed by atoms with Crippen LogP contribution in [0.5, 0.6) is 0 Å². The van der Waals surface area contributed by atoms with Crippen LogP contribution in [0.3, 0.4) is 0 Å². The van der Waals surface area contributed by atoms with Crippen molar-refractivity contribution < 1.29 is 17.9 Å². The summed E-state index contributed by atoms with van der Waals surface area (Å²) in [5, 5.41) is 0.244. The molecule has 0 radical (unpaired) electrons. The maximum Gasteiger partial charge on any atom is 0.339 e. The summed E-state index contributed by atoms with van der Waals surface area (Å²) in [6.45, 7) is 0.228. The Labute approximate surface area is 110 Å². The van der Waals surface area contributed by atoms with Gasteiger partial charge in [-0.3, -0.25) is 0 Å². The van der Waals surface area contributed by atoms with Gasteiger partial charge in [-0.15, -0.1) is 0 Å². The highest BCUT2D eigenvalue weighted by atomic mass is 35.5. The maximum absolute atomic E-state index is 11.9. The zero-order valence-corrected chi connectivity index (χ0v) is 11.2. The fourth-order valence-electron chi connectivity index (χ4n) is 1.28. The molecule has 0 fully saturated rings. The van der Waals surface area contributed by atoms with Crippen LogP contribution in [0.25, 0.3) is 0 Å². The Morgan fingerprint density at radius 1 is 1.50 bits per heavy atom. The summed E-state index contributed by atoms with van der Waals surface area (Å²) in [6.07, 6.45) is 0. The van der Waals surface area contributed by atoms with Crippen LogP contribution in [0.4, 0.5) is 0 Å². The van der Waals surface area contributed by atoms with Gasteiger partial charge in [0.15, 0.2) is 0 Å². The topological polar surface area (TPSA) is 98.5 Å². The van der Waals surface area contributed by atoms with Gasteiger partial charge in [0.25, 0.3) is 0 Å². The first-order chi connectivity index (χ1) is 8.42. The highest BCUT2D eigenvalue weighted by Gasteiger charge is 2.22. The lowest BCUT2D eigenvalue weighted by atomic mass is 10.2. The summed E-state index contributed by atoms with van der Waals surface area (Å²) >= 11 is 5.73.